The third-order valence-corrected chi connectivity index (χ3v) is 2.78. The van der Waals surface area contributed by atoms with Crippen molar-refractivity contribution in [2.75, 3.05) is 13.1 Å². The Hall–Kier alpha value is -1.68. The second-order valence-electron chi connectivity index (χ2n) is 4.76. The van der Waals surface area contributed by atoms with Crippen LogP contribution in [0, 0.1) is 6.92 Å². The molecule has 0 heterocycles. The number of Topliss-reactive ketones (excluding diaryl/α,β-unsaturated/α-hetero) is 1. The molecule has 0 aliphatic heterocycles. The second kappa shape index (κ2) is 6.31. The Labute approximate surface area is 108 Å². The van der Waals surface area contributed by atoms with E-state index in [0.717, 1.165) is 5.56 Å². The molecule has 0 saturated heterocycles. The number of primary amides is 1. The van der Waals surface area contributed by atoms with E-state index in [4.69, 9.17) is 5.73 Å². The van der Waals surface area contributed by atoms with Crippen molar-refractivity contribution in [3.63, 3.8) is 0 Å². The van der Waals surface area contributed by atoms with Gasteiger partial charge in [-0.15, -0.1) is 0 Å². The lowest BCUT2D eigenvalue weighted by Gasteiger charge is -2.24. The summed E-state index contributed by atoms with van der Waals surface area (Å²) in [6.07, 6.45) is 0. The number of nitrogens with two attached hydrogens (primary N) is 1. The number of rotatable bonds is 6. The van der Waals surface area contributed by atoms with Crippen molar-refractivity contribution in [1.29, 1.82) is 0 Å². The summed E-state index contributed by atoms with van der Waals surface area (Å²) in [6.45, 7) is 6.14. The van der Waals surface area contributed by atoms with Gasteiger partial charge in [-0.25, -0.2) is 0 Å². The summed E-state index contributed by atoms with van der Waals surface area (Å²) in [4.78, 5) is 24.8. The van der Waals surface area contributed by atoms with E-state index >= 15 is 0 Å². The third-order valence-electron chi connectivity index (χ3n) is 2.78. The first-order chi connectivity index (χ1) is 8.40. The van der Waals surface area contributed by atoms with Crippen LogP contribution in [0.1, 0.15) is 29.8 Å². The largest absolute Gasteiger partial charge is 0.369 e. The molecule has 0 radical (unpaired) electrons. The minimum Gasteiger partial charge on any atom is -0.369 e. The Morgan fingerprint density at radius 1 is 1.28 bits per heavy atom. The fourth-order valence-corrected chi connectivity index (χ4v) is 1.72. The van der Waals surface area contributed by atoms with Gasteiger partial charge in [0.2, 0.25) is 5.91 Å². The molecule has 18 heavy (non-hydrogen) atoms. The standard InChI is InChI=1S/C14H20N2O2/c1-10(2)16(9-14(15)18)8-13(17)12-6-4-5-11(3)7-12/h4-7,10H,8-9H2,1-3H3,(H2,15,18). The molecule has 1 amide bonds. The van der Waals surface area contributed by atoms with Crippen LogP contribution < -0.4 is 5.73 Å². The minimum absolute atomic E-state index is 0.00801. The highest BCUT2D eigenvalue weighted by Crippen LogP contribution is 2.07. The molecule has 2 N–H and O–H groups in total. The highest BCUT2D eigenvalue weighted by atomic mass is 16.1. The average Bonchev–Trinajstić information content (AvgIpc) is 2.27. The van der Waals surface area contributed by atoms with Gasteiger partial charge in [-0.2, -0.15) is 0 Å². The van der Waals surface area contributed by atoms with Gasteiger partial charge in [0.1, 0.15) is 0 Å². The molecule has 1 aromatic carbocycles. The molecule has 0 aromatic heterocycles. The predicted molar refractivity (Wildman–Crippen MR) is 71.4 cm³/mol. The predicted octanol–water partition coefficient (Wildman–Crippen LogP) is 1.37. The molecular weight excluding hydrogens is 228 g/mol. The van der Waals surface area contributed by atoms with Crippen molar-refractivity contribution in [2.24, 2.45) is 5.73 Å². The van der Waals surface area contributed by atoms with Crippen molar-refractivity contribution >= 4 is 11.7 Å². The molecule has 0 spiro atoms. The molecule has 98 valence electrons. The third kappa shape index (κ3) is 4.30. The van der Waals surface area contributed by atoms with Crippen molar-refractivity contribution in [1.82, 2.24) is 4.90 Å². The van der Waals surface area contributed by atoms with Crippen LogP contribution in [-0.4, -0.2) is 35.7 Å². The summed E-state index contributed by atoms with van der Waals surface area (Å²) >= 11 is 0. The number of nitrogens with zero attached hydrogens (tertiary/aromatic N) is 1. The monoisotopic (exact) mass is 248 g/mol. The van der Waals surface area contributed by atoms with E-state index in [0.29, 0.717) is 5.56 Å². The van der Waals surface area contributed by atoms with E-state index in [-0.39, 0.29) is 24.9 Å². The van der Waals surface area contributed by atoms with E-state index < -0.39 is 5.91 Å². The summed E-state index contributed by atoms with van der Waals surface area (Å²) in [5.74, 6) is -0.408. The van der Waals surface area contributed by atoms with Crippen LogP contribution in [0.5, 0.6) is 0 Å². The highest BCUT2D eigenvalue weighted by molar-refractivity contribution is 5.98. The molecule has 1 rings (SSSR count). The van der Waals surface area contributed by atoms with Crippen LogP contribution >= 0.6 is 0 Å². The molecule has 0 atom stereocenters. The fraction of sp³-hybridized carbons (Fsp3) is 0.429. The van der Waals surface area contributed by atoms with Crippen LogP contribution in [0.3, 0.4) is 0 Å². The molecule has 0 bridgehead atoms. The van der Waals surface area contributed by atoms with Gasteiger partial charge in [0, 0.05) is 11.6 Å². The van der Waals surface area contributed by atoms with Gasteiger partial charge in [-0.05, 0) is 26.8 Å². The Morgan fingerprint density at radius 2 is 1.94 bits per heavy atom. The molecule has 0 aliphatic carbocycles. The van der Waals surface area contributed by atoms with Crippen LogP contribution in [0.25, 0.3) is 0 Å². The van der Waals surface area contributed by atoms with Gasteiger partial charge in [-0.1, -0.05) is 23.8 Å². The van der Waals surface area contributed by atoms with E-state index in [1.807, 2.05) is 39.0 Å². The molecule has 0 fully saturated rings. The van der Waals surface area contributed by atoms with Crippen LogP contribution in [0.2, 0.25) is 0 Å². The van der Waals surface area contributed by atoms with Crippen LogP contribution in [0.4, 0.5) is 0 Å². The summed E-state index contributed by atoms with van der Waals surface area (Å²) in [5.41, 5.74) is 6.90. The SMILES string of the molecule is Cc1cccc(C(=O)CN(CC(N)=O)C(C)C)c1. The number of hydrogen-bond donors (Lipinski definition) is 1. The van der Waals surface area contributed by atoms with E-state index in [9.17, 15) is 9.59 Å². The molecule has 0 saturated carbocycles. The molecule has 0 unspecified atom stereocenters. The zero-order valence-corrected chi connectivity index (χ0v) is 11.1. The summed E-state index contributed by atoms with van der Waals surface area (Å²) < 4.78 is 0. The normalized spacial score (nSPS) is 10.9. The number of carbonyl (C=O) groups excluding carboxylic acids is 2. The average molecular weight is 248 g/mol. The number of aryl methyl sites for hydroxylation is 1. The summed E-state index contributed by atoms with van der Waals surface area (Å²) in [5, 5.41) is 0. The summed E-state index contributed by atoms with van der Waals surface area (Å²) in [6, 6.07) is 7.55. The van der Waals surface area contributed by atoms with Crippen LogP contribution in [0.15, 0.2) is 24.3 Å². The lowest BCUT2D eigenvalue weighted by Crippen LogP contribution is -2.41. The number of ketones is 1. The topological polar surface area (TPSA) is 63.4 Å². The second-order valence-corrected chi connectivity index (χ2v) is 4.76. The first-order valence-corrected chi connectivity index (χ1v) is 6.02. The van der Waals surface area contributed by atoms with E-state index in [2.05, 4.69) is 0 Å². The van der Waals surface area contributed by atoms with Gasteiger partial charge in [-0.3, -0.25) is 14.5 Å². The Morgan fingerprint density at radius 3 is 2.44 bits per heavy atom. The smallest absolute Gasteiger partial charge is 0.231 e. The maximum absolute atomic E-state index is 12.1. The van der Waals surface area contributed by atoms with Gasteiger partial charge in [0.15, 0.2) is 5.78 Å². The number of hydrogen-bond acceptors (Lipinski definition) is 3. The molecule has 0 aliphatic rings. The van der Waals surface area contributed by atoms with Crippen molar-refractivity contribution < 1.29 is 9.59 Å². The van der Waals surface area contributed by atoms with Crippen molar-refractivity contribution in [2.45, 2.75) is 26.8 Å². The fourth-order valence-electron chi connectivity index (χ4n) is 1.72. The number of carbonyl (C=O) groups is 2. The molecule has 4 nitrogen and oxygen atoms in total. The first-order valence-electron chi connectivity index (χ1n) is 6.02. The van der Waals surface area contributed by atoms with Gasteiger partial charge in [0.25, 0.3) is 0 Å². The number of amides is 1. The quantitative estimate of drug-likeness (QED) is 0.773. The maximum Gasteiger partial charge on any atom is 0.231 e. The Kier molecular flexibility index (Phi) is 5.04. The number of benzene rings is 1. The van der Waals surface area contributed by atoms with Gasteiger partial charge in [0.05, 0.1) is 13.1 Å². The zero-order valence-electron chi connectivity index (χ0n) is 11.1. The maximum atomic E-state index is 12.1. The Bertz CT molecular complexity index is 441. The van der Waals surface area contributed by atoms with Gasteiger partial charge >= 0.3 is 0 Å². The Balaban J connectivity index is 2.75. The van der Waals surface area contributed by atoms with Crippen LogP contribution in [-0.2, 0) is 4.79 Å². The lowest BCUT2D eigenvalue weighted by atomic mass is 10.1. The first kappa shape index (κ1) is 14.4. The van der Waals surface area contributed by atoms with E-state index in [1.54, 1.807) is 11.0 Å². The minimum atomic E-state index is -0.416. The lowest BCUT2D eigenvalue weighted by molar-refractivity contribution is -0.119. The molecule has 1 aromatic rings. The highest BCUT2D eigenvalue weighted by Gasteiger charge is 2.17. The zero-order chi connectivity index (χ0) is 13.7. The van der Waals surface area contributed by atoms with Gasteiger partial charge < -0.3 is 5.73 Å². The van der Waals surface area contributed by atoms with E-state index in [1.165, 1.54) is 0 Å². The summed E-state index contributed by atoms with van der Waals surface area (Å²) in [7, 11) is 0. The van der Waals surface area contributed by atoms with Crippen molar-refractivity contribution in [3.05, 3.63) is 35.4 Å². The molecule has 4 heteroatoms. The molecular formula is C14H20N2O2. The van der Waals surface area contributed by atoms with Crippen molar-refractivity contribution in [3.8, 4) is 0 Å².